The van der Waals surface area contributed by atoms with Crippen LogP contribution >= 0.6 is 27.3 Å². The summed E-state index contributed by atoms with van der Waals surface area (Å²) in [5.74, 6) is 1.41. The van der Waals surface area contributed by atoms with E-state index < -0.39 is 0 Å². The second-order valence-electron chi connectivity index (χ2n) is 3.96. The second-order valence-corrected chi connectivity index (χ2v) is 6.43. The minimum absolute atomic E-state index is 0.278. The van der Waals surface area contributed by atoms with Crippen LogP contribution < -0.4 is 0 Å². The van der Waals surface area contributed by atoms with Crippen molar-refractivity contribution in [3.63, 3.8) is 0 Å². The number of nitrogens with zero attached hydrogens (tertiary/aromatic N) is 4. The van der Waals surface area contributed by atoms with E-state index in [2.05, 4.69) is 37.3 Å². The molecule has 20 heavy (non-hydrogen) atoms. The molecule has 0 aliphatic rings. The molecular formula is C12H7BrN4O2S. The molecule has 3 aromatic rings. The lowest BCUT2D eigenvalue weighted by Gasteiger charge is -1.88. The molecule has 0 aromatic carbocycles. The maximum absolute atomic E-state index is 9.03. The summed E-state index contributed by atoms with van der Waals surface area (Å²) >= 11 is 4.90. The largest absolute Gasteiger partial charge is 0.360 e. The van der Waals surface area contributed by atoms with Crippen LogP contribution in [0.15, 0.2) is 25.0 Å². The lowest BCUT2D eigenvalue weighted by atomic mass is 10.2. The molecule has 0 bridgehead atoms. The smallest absolute Gasteiger partial charge is 0.233 e. The lowest BCUT2D eigenvalue weighted by Crippen LogP contribution is -1.92. The Bertz CT molecular complexity index is 799. The van der Waals surface area contributed by atoms with Crippen LogP contribution in [0.1, 0.15) is 22.9 Å². The molecule has 0 amide bonds. The average Bonchev–Trinajstić information content (AvgIpc) is 3.11. The predicted octanol–water partition coefficient (Wildman–Crippen LogP) is 3.32. The van der Waals surface area contributed by atoms with E-state index in [0.717, 1.165) is 8.66 Å². The number of nitriles is 1. The summed E-state index contributed by atoms with van der Waals surface area (Å²) in [7, 11) is 0. The van der Waals surface area contributed by atoms with Crippen molar-refractivity contribution >= 4 is 27.3 Å². The molecule has 0 fully saturated rings. The van der Waals surface area contributed by atoms with Crippen molar-refractivity contribution < 1.29 is 9.05 Å². The topological polar surface area (TPSA) is 88.7 Å². The first-order chi connectivity index (χ1) is 9.67. The van der Waals surface area contributed by atoms with Gasteiger partial charge in [-0.2, -0.15) is 10.2 Å². The van der Waals surface area contributed by atoms with Crippen molar-refractivity contribution in [1.29, 1.82) is 5.26 Å². The molecule has 0 aliphatic carbocycles. The first-order valence-electron chi connectivity index (χ1n) is 5.61. The van der Waals surface area contributed by atoms with Gasteiger partial charge in [0.15, 0.2) is 5.76 Å². The molecule has 0 saturated heterocycles. The Hall–Kier alpha value is -1.98. The molecule has 0 spiro atoms. The minimum Gasteiger partial charge on any atom is -0.360 e. The maximum atomic E-state index is 9.03. The van der Waals surface area contributed by atoms with E-state index in [1.807, 2.05) is 12.1 Å². The fourth-order valence-electron chi connectivity index (χ4n) is 1.69. The van der Waals surface area contributed by atoms with Gasteiger partial charge in [-0.05, 0) is 35.0 Å². The number of thiophene rings is 1. The van der Waals surface area contributed by atoms with Crippen molar-refractivity contribution in [3.05, 3.63) is 38.8 Å². The Labute approximate surface area is 126 Å². The fraction of sp³-hybridized carbons (Fsp3) is 0.167. The normalized spacial score (nSPS) is 10.7. The summed E-state index contributed by atoms with van der Waals surface area (Å²) in [6.45, 7) is 1.69. The molecule has 0 saturated carbocycles. The highest BCUT2D eigenvalue weighted by atomic mass is 79.9. The summed E-state index contributed by atoms with van der Waals surface area (Å²) in [6.07, 6.45) is 0.278. The van der Waals surface area contributed by atoms with Gasteiger partial charge in [0.2, 0.25) is 11.7 Å². The van der Waals surface area contributed by atoms with Crippen LogP contribution in [-0.2, 0) is 6.42 Å². The van der Waals surface area contributed by atoms with E-state index in [9.17, 15) is 0 Å². The third kappa shape index (κ3) is 2.37. The highest BCUT2D eigenvalue weighted by molar-refractivity contribution is 9.11. The summed E-state index contributed by atoms with van der Waals surface area (Å²) in [5.41, 5.74) is 0.927. The van der Waals surface area contributed by atoms with E-state index >= 15 is 0 Å². The van der Waals surface area contributed by atoms with Crippen molar-refractivity contribution in [2.75, 3.05) is 0 Å². The molecule has 0 unspecified atom stereocenters. The first kappa shape index (κ1) is 13.0. The minimum atomic E-state index is 0.278. The average molecular weight is 351 g/mol. The Kier molecular flexibility index (Phi) is 3.38. The molecule has 0 N–H and O–H groups in total. The van der Waals surface area contributed by atoms with Gasteiger partial charge in [-0.1, -0.05) is 10.3 Å². The van der Waals surface area contributed by atoms with Gasteiger partial charge in [-0.15, -0.1) is 11.3 Å². The highest BCUT2D eigenvalue weighted by Crippen LogP contribution is 2.29. The van der Waals surface area contributed by atoms with Gasteiger partial charge in [0, 0.05) is 0 Å². The number of hydrogen-bond donors (Lipinski definition) is 0. The maximum Gasteiger partial charge on any atom is 0.233 e. The SMILES string of the molecule is Cc1onc(Cc2nc(-c3ccc(Br)s3)no2)c1C#N. The molecule has 0 atom stereocenters. The third-order valence-corrected chi connectivity index (χ3v) is 4.25. The van der Waals surface area contributed by atoms with Gasteiger partial charge >= 0.3 is 0 Å². The van der Waals surface area contributed by atoms with E-state index in [4.69, 9.17) is 14.3 Å². The van der Waals surface area contributed by atoms with Crippen LogP contribution in [0.5, 0.6) is 0 Å². The number of rotatable bonds is 3. The van der Waals surface area contributed by atoms with E-state index in [1.165, 1.54) is 11.3 Å². The van der Waals surface area contributed by atoms with Crippen LogP contribution in [-0.4, -0.2) is 15.3 Å². The number of halogens is 1. The van der Waals surface area contributed by atoms with Crippen LogP contribution in [0.2, 0.25) is 0 Å². The third-order valence-electron chi connectivity index (χ3n) is 2.63. The molecule has 0 aliphatic heterocycles. The van der Waals surface area contributed by atoms with Crippen molar-refractivity contribution in [1.82, 2.24) is 15.3 Å². The van der Waals surface area contributed by atoms with Crippen molar-refractivity contribution in [3.8, 4) is 16.8 Å². The molecule has 6 nitrogen and oxygen atoms in total. The van der Waals surface area contributed by atoms with Gasteiger partial charge in [-0.3, -0.25) is 0 Å². The van der Waals surface area contributed by atoms with Crippen molar-refractivity contribution in [2.45, 2.75) is 13.3 Å². The zero-order valence-corrected chi connectivity index (χ0v) is 12.7. The summed E-state index contributed by atoms with van der Waals surface area (Å²) in [6, 6.07) is 5.88. The quantitative estimate of drug-likeness (QED) is 0.719. The molecule has 3 heterocycles. The van der Waals surface area contributed by atoms with Crippen LogP contribution in [0.25, 0.3) is 10.7 Å². The van der Waals surface area contributed by atoms with Gasteiger partial charge in [0.1, 0.15) is 17.3 Å². The van der Waals surface area contributed by atoms with Crippen LogP contribution in [0, 0.1) is 18.3 Å². The van der Waals surface area contributed by atoms with Gasteiger partial charge in [0.25, 0.3) is 0 Å². The highest BCUT2D eigenvalue weighted by Gasteiger charge is 2.17. The summed E-state index contributed by atoms with van der Waals surface area (Å²) < 4.78 is 11.2. The zero-order valence-electron chi connectivity index (χ0n) is 10.3. The van der Waals surface area contributed by atoms with E-state index in [-0.39, 0.29) is 6.42 Å². The standard InChI is InChI=1S/C12H7BrN4O2S/c1-6-7(5-14)8(16-18-6)4-11-15-12(17-19-11)9-2-3-10(13)20-9/h2-3H,4H2,1H3. The second kappa shape index (κ2) is 5.19. The summed E-state index contributed by atoms with van der Waals surface area (Å²) in [4.78, 5) is 5.20. The molecule has 100 valence electrons. The number of hydrogen-bond acceptors (Lipinski definition) is 7. The predicted molar refractivity (Wildman–Crippen MR) is 74.1 cm³/mol. The first-order valence-corrected chi connectivity index (χ1v) is 7.22. The molecule has 3 rings (SSSR count). The molecule has 0 radical (unpaired) electrons. The zero-order chi connectivity index (χ0) is 14.1. The van der Waals surface area contributed by atoms with Gasteiger partial charge < -0.3 is 9.05 Å². The molecule has 3 aromatic heterocycles. The number of aromatic nitrogens is 3. The number of aryl methyl sites for hydroxylation is 1. The fourth-order valence-corrected chi connectivity index (χ4v) is 3.00. The Balaban J connectivity index is 1.86. The van der Waals surface area contributed by atoms with Gasteiger partial charge in [-0.25, -0.2) is 0 Å². The van der Waals surface area contributed by atoms with Gasteiger partial charge in [0.05, 0.1) is 15.1 Å². The Morgan fingerprint density at radius 1 is 1.35 bits per heavy atom. The van der Waals surface area contributed by atoms with E-state index in [1.54, 1.807) is 6.92 Å². The Morgan fingerprint density at radius 2 is 2.20 bits per heavy atom. The van der Waals surface area contributed by atoms with Crippen molar-refractivity contribution in [2.24, 2.45) is 0 Å². The molecule has 8 heteroatoms. The van der Waals surface area contributed by atoms with Crippen LogP contribution in [0.3, 0.4) is 0 Å². The van der Waals surface area contributed by atoms with Crippen LogP contribution in [0.4, 0.5) is 0 Å². The molecular weight excluding hydrogens is 344 g/mol. The monoisotopic (exact) mass is 350 g/mol. The van der Waals surface area contributed by atoms with E-state index in [0.29, 0.717) is 28.7 Å². The lowest BCUT2D eigenvalue weighted by molar-refractivity contribution is 0.371. The summed E-state index contributed by atoms with van der Waals surface area (Å²) in [5, 5.41) is 16.8. The Morgan fingerprint density at radius 3 is 2.90 bits per heavy atom.